The molecule has 2 heterocycles. The Labute approximate surface area is 165 Å². The Morgan fingerprint density at radius 1 is 1.11 bits per heavy atom. The number of piperidine rings is 2. The molecule has 1 aromatic carbocycles. The van der Waals surface area contributed by atoms with Gasteiger partial charge in [0.1, 0.15) is 0 Å². The quantitative estimate of drug-likeness (QED) is 0.750. The van der Waals surface area contributed by atoms with Gasteiger partial charge in [-0.25, -0.2) is 8.42 Å². The smallest absolute Gasteiger partial charge is 0.253 e. The molecule has 0 radical (unpaired) electrons. The summed E-state index contributed by atoms with van der Waals surface area (Å²) >= 11 is 0. The second kappa shape index (κ2) is 7.33. The summed E-state index contributed by atoms with van der Waals surface area (Å²) in [4.78, 5) is 26.1. The Morgan fingerprint density at radius 3 is 2.43 bits per heavy atom. The number of benzene rings is 1. The zero-order valence-electron chi connectivity index (χ0n) is 15.7. The Kier molecular flexibility index (Phi) is 5.01. The third-order valence-corrected chi connectivity index (χ3v) is 7.84. The lowest BCUT2D eigenvalue weighted by molar-refractivity contribution is -0.116. The predicted octanol–water partition coefficient (Wildman–Crippen LogP) is 1.23. The standard InChI is InChI=1S/C20H25N3O4S/c1-2-18(24)21-19-16-12-23(13-17(16)19)28(26,27)15-8-6-7-14(11-15)20(25)22-9-4-3-5-10-22/h2,6-8,11,16-17,19H,1,3-5,9-10,12-13H2,(H,21,24). The molecule has 4 rings (SSSR count). The SMILES string of the molecule is C=CC(=O)NC1C2CN(S(=O)(=O)c3cccc(C(=O)N4CCCCC4)c3)CC21. The van der Waals surface area contributed by atoms with Crippen molar-refractivity contribution in [1.82, 2.24) is 14.5 Å². The minimum atomic E-state index is -3.66. The fourth-order valence-electron chi connectivity index (χ4n) is 4.34. The number of carbonyl (C=O) groups is 2. The topological polar surface area (TPSA) is 86.8 Å². The molecule has 7 nitrogen and oxygen atoms in total. The molecule has 2 unspecified atom stereocenters. The maximum Gasteiger partial charge on any atom is 0.253 e. The van der Waals surface area contributed by atoms with Gasteiger partial charge in [-0.1, -0.05) is 12.6 Å². The van der Waals surface area contributed by atoms with E-state index in [1.54, 1.807) is 23.1 Å². The fraction of sp³-hybridized carbons (Fsp3) is 0.500. The molecular weight excluding hydrogens is 378 g/mol. The van der Waals surface area contributed by atoms with Gasteiger partial charge in [-0.2, -0.15) is 4.31 Å². The van der Waals surface area contributed by atoms with E-state index in [1.165, 1.54) is 16.4 Å². The Hall–Kier alpha value is -2.19. The van der Waals surface area contributed by atoms with Gasteiger partial charge in [0.25, 0.3) is 5.91 Å². The molecule has 2 aliphatic heterocycles. The van der Waals surface area contributed by atoms with E-state index < -0.39 is 10.0 Å². The molecule has 0 aromatic heterocycles. The molecule has 2 saturated heterocycles. The van der Waals surface area contributed by atoms with Crippen molar-refractivity contribution in [2.75, 3.05) is 26.2 Å². The molecule has 1 N–H and O–H groups in total. The van der Waals surface area contributed by atoms with Gasteiger partial charge in [0.15, 0.2) is 0 Å². The fourth-order valence-corrected chi connectivity index (χ4v) is 5.90. The second-order valence-electron chi connectivity index (χ2n) is 7.77. The molecule has 1 aliphatic carbocycles. The largest absolute Gasteiger partial charge is 0.349 e. The number of sulfonamides is 1. The van der Waals surface area contributed by atoms with Crippen molar-refractivity contribution in [2.45, 2.75) is 30.2 Å². The van der Waals surface area contributed by atoms with Crippen LogP contribution in [0.25, 0.3) is 0 Å². The highest BCUT2D eigenvalue weighted by Crippen LogP contribution is 2.47. The lowest BCUT2D eigenvalue weighted by Gasteiger charge is -2.27. The van der Waals surface area contributed by atoms with E-state index in [-0.39, 0.29) is 34.6 Å². The van der Waals surface area contributed by atoms with Crippen LogP contribution in [0.15, 0.2) is 41.8 Å². The Morgan fingerprint density at radius 2 is 1.79 bits per heavy atom. The first-order valence-electron chi connectivity index (χ1n) is 9.74. The molecule has 0 bridgehead atoms. The van der Waals surface area contributed by atoms with Crippen molar-refractivity contribution in [2.24, 2.45) is 11.8 Å². The van der Waals surface area contributed by atoms with Crippen molar-refractivity contribution in [3.8, 4) is 0 Å². The van der Waals surface area contributed by atoms with Crippen molar-refractivity contribution in [3.05, 3.63) is 42.5 Å². The summed E-state index contributed by atoms with van der Waals surface area (Å²) in [6.07, 6.45) is 4.34. The third kappa shape index (κ3) is 3.46. The monoisotopic (exact) mass is 403 g/mol. The molecule has 3 aliphatic rings. The van der Waals surface area contributed by atoms with Gasteiger partial charge in [-0.15, -0.1) is 0 Å². The number of hydrogen-bond acceptors (Lipinski definition) is 4. The number of fused-ring (bicyclic) bond motifs is 1. The van der Waals surface area contributed by atoms with Crippen LogP contribution in [0.4, 0.5) is 0 Å². The minimum absolute atomic E-state index is 0.0314. The highest BCUT2D eigenvalue weighted by atomic mass is 32.2. The maximum absolute atomic E-state index is 13.0. The number of amides is 2. The van der Waals surface area contributed by atoms with Crippen LogP contribution in [0, 0.1) is 11.8 Å². The highest BCUT2D eigenvalue weighted by Gasteiger charge is 2.58. The van der Waals surface area contributed by atoms with Crippen LogP contribution in [-0.2, 0) is 14.8 Å². The van der Waals surface area contributed by atoms with Crippen molar-refractivity contribution in [1.29, 1.82) is 0 Å². The van der Waals surface area contributed by atoms with E-state index in [0.29, 0.717) is 18.7 Å². The van der Waals surface area contributed by atoms with Crippen LogP contribution in [0.1, 0.15) is 29.6 Å². The molecular formula is C20H25N3O4S. The first kappa shape index (κ1) is 19.1. The van der Waals surface area contributed by atoms with E-state index in [4.69, 9.17) is 0 Å². The molecule has 3 fully saturated rings. The lowest BCUT2D eigenvalue weighted by Crippen LogP contribution is -2.37. The molecule has 1 saturated carbocycles. The highest BCUT2D eigenvalue weighted by molar-refractivity contribution is 7.89. The lowest BCUT2D eigenvalue weighted by atomic mass is 10.1. The van der Waals surface area contributed by atoms with E-state index >= 15 is 0 Å². The molecule has 150 valence electrons. The molecule has 0 spiro atoms. The van der Waals surface area contributed by atoms with Gasteiger partial charge in [0.05, 0.1) is 4.90 Å². The summed E-state index contributed by atoms with van der Waals surface area (Å²) in [6, 6.07) is 6.38. The molecule has 2 atom stereocenters. The van der Waals surface area contributed by atoms with Crippen LogP contribution < -0.4 is 5.32 Å². The van der Waals surface area contributed by atoms with E-state index in [1.807, 2.05) is 0 Å². The van der Waals surface area contributed by atoms with E-state index in [0.717, 1.165) is 32.4 Å². The minimum Gasteiger partial charge on any atom is -0.349 e. The van der Waals surface area contributed by atoms with E-state index in [2.05, 4.69) is 11.9 Å². The molecule has 1 aromatic rings. The number of hydrogen-bond donors (Lipinski definition) is 1. The maximum atomic E-state index is 13.0. The summed E-state index contributed by atoms with van der Waals surface area (Å²) in [7, 11) is -3.66. The van der Waals surface area contributed by atoms with Gasteiger partial charge in [-0.3, -0.25) is 9.59 Å². The molecule has 28 heavy (non-hydrogen) atoms. The van der Waals surface area contributed by atoms with Crippen LogP contribution in [0.2, 0.25) is 0 Å². The first-order valence-corrected chi connectivity index (χ1v) is 11.2. The second-order valence-corrected chi connectivity index (χ2v) is 9.71. The van der Waals surface area contributed by atoms with Gasteiger partial charge in [0.2, 0.25) is 15.9 Å². The van der Waals surface area contributed by atoms with Gasteiger partial charge < -0.3 is 10.2 Å². The first-order chi connectivity index (χ1) is 13.4. The molecule has 2 amide bonds. The van der Waals surface area contributed by atoms with Crippen LogP contribution in [0.3, 0.4) is 0 Å². The van der Waals surface area contributed by atoms with Crippen LogP contribution in [-0.4, -0.2) is 61.7 Å². The summed E-state index contributed by atoms with van der Waals surface area (Å²) in [6.45, 7) is 5.66. The Balaban J connectivity index is 1.45. The van der Waals surface area contributed by atoms with Crippen molar-refractivity contribution >= 4 is 21.8 Å². The zero-order valence-corrected chi connectivity index (χ0v) is 16.5. The van der Waals surface area contributed by atoms with Crippen molar-refractivity contribution in [3.63, 3.8) is 0 Å². The van der Waals surface area contributed by atoms with Gasteiger partial charge in [0, 0.05) is 37.8 Å². The normalized spacial score (nSPS) is 27.1. The van der Waals surface area contributed by atoms with Gasteiger partial charge >= 0.3 is 0 Å². The average Bonchev–Trinajstić information content (AvgIpc) is 3.14. The summed E-state index contributed by atoms with van der Waals surface area (Å²) in [5, 5.41) is 2.85. The molecule has 8 heteroatoms. The number of carbonyl (C=O) groups excluding carboxylic acids is 2. The number of nitrogens with zero attached hydrogens (tertiary/aromatic N) is 2. The summed E-state index contributed by atoms with van der Waals surface area (Å²) in [5.41, 5.74) is 0.420. The number of nitrogens with one attached hydrogen (secondary N) is 1. The third-order valence-electron chi connectivity index (χ3n) is 6.02. The van der Waals surface area contributed by atoms with Crippen LogP contribution >= 0.6 is 0 Å². The van der Waals surface area contributed by atoms with Crippen LogP contribution in [0.5, 0.6) is 0 Å². The predicted molar refractivity (Wildman–Crippen MR) is 104 cm³/mol. The summed E-state index contributed by atoms with van der Waals surface area (Å²) < 4.78 is 27.5. The van der Waals surface area contributed by atoms with Crippen molar-refractivity contribution < 1.29 is 18.0 Å². The van der Waals surface area contributed by atoms with E-state index in [9.17, 15) is 18.0 Å². The average molecular weight is 404 g/mol. The Bertz CT molecular complexity index is 896. The zero-order chi connectivity index (χ0) is 19.9. The summed E-state index contributed by atoms with van der Waals surface area (Å²) in [5.74, 6) is -0.0281. The number of likely N-dealkylation sites (tertiary alicyclic amines) is 1. The number of rotatable bonds is 5. The van der Waals surface area contributed by atoms with Gasteiger partial charge in [-0.05, 0) is 55.4 Å².